The van der Waals surface area contributed by atoms with Gasteiger partial charge in [0.2, 0.25) is 0 Å². The van der Waals surface area contributed by atoms with E-state index in [1.54, 1.807) is 13.1 Å². The molecule has 1 saturated carbocycles. The minimum Gasteiger partial charge on any atom is -0.373 e. The molecule has 36 heavy (non-hydrogen) atoms. The third-order valence-corrected chi connectivity index (χ3v) is 7.28. The molecule has 188 valence electrons. The van der Waals surface area contributed by atoms with E-state index in [-0.39, 0.29) is 35.7 Å². The van der Waals surface area contributed by atoms with E-state index >= 15 is 0 Å². The van der Waals surface area contributed by atoms with E-state index in [2.05, 4.69) is 5.10 Å². The van der Waals surface area contributed by atoms with Crippen molar-refractivity contribution in [3.63, 3.8) is 0 Å². The molecule has 1 unspecified atom stereocenters. The summed E-state index contributed by atoms with van der Waals surface area (Å²) in [6.45, 7) is 0.703. The van der Waals surface area contributed by atoms with Crippen LogP contribution in [0.5, 0.6) is 0 Å². The summed E-state index contributed by atoms with van der Waals surface area (Å²) in [5.41, 5.74) is 1.66. The standard InChI is InChI=1S/C26H24F4N4O2/c1-33-13-20-19(25(33)35)10-22(32-24(20)18-5-2-16(9-21(18)27)26(28,29)30)14-6-7-36-23(8-14)15-11-31-34(12-15)17-3-4-17/h2,5,9-12,14,17,23H,3-4,6-8,13H2,1H3/t14?,23-/m1/s1. The monoisotopic (exact) mass is 500 g/mol. The van der Waals surface area contributed by atoms with Gasteiger partial charge in [-0.05, 0) is 49.9 Å². The van der Waals surface area contributed by atoms with Crippen LogP contribution in [-0.4, -0.2) is 39.2 Å². The first-order valence-electron chi connectivity index (χ1n) is 12.0. The van der Waals surface area contributed by atoms with E-state index < -0.39 is 17.6 Å². The van der Waals surface area contributed by atoms with Crippen molar-refractivity contribution in [1.82, 2.24) is 19.7 Å². The molecule has 1 amide bonds. The highest BCUT2D eigenvalue weighted by atomic mass is 19.4. The van der Waals surface area contributed by atoms with Gasteiger partial charge in [-0.2, -0.15) is 18.3 Å². The number of halogens is 4. The van der Waals surface area contributed by atoms with Crippen LogP contribution in [0, 0.1) is 5.82 Å². The number of ether oxygens (including phenoxy) is 1. The molecule has 4 heterocycles. The molecule has 3 aromatic rings. The summed E-state index contributed by atoms with van der Waals surface area (Å²) in [6.07, 6.45) is 2.53. The van der Waals surface area contributed by atoms with Gasteiger partial charge in [0.15, 0.2) is 0 Å². The molecule has 10 heteroatoms. The summed E-state index contributed by atoms with van der Waals surface area (Å²) in [7, 11) is 1.64. The second-order valence-electron chi connectivity index (χ2n) is 9.84. The Morgan fingerprint density at radius 3 is 2.64 bits per heavy atom. The SMILES string of the molecule is CN1Cc2c(cc(C3CCO[C@@H](c4cnn(C5CC5)c4)C3)nc2-c2ccc(C(F)(F)F)cc2F)C1=O. The van der Waals surface area contributed by atoms with Crippen LogP contribution in [0.1, 0.15) is 76.5 Å². The maximum atomic E-state index is 15.0. The number of hydrogen-bond acceptors (Lipinski definition) is 4. The van der Waals surface area contributed by atoms with Crippen LogP contribution >= 0.6 is 0 Å². The molecule has 0 radical (unpaired) electrons. The number of carbonyl (C=O) groups is 1. The van der Waals surface area contributed by atoms with Gasteiger partial charge in [-0.15, -0.1) is 0 Å². The van der Waals surface area contributed by atoms with Gasteiger partial charge >= 0.3 is 6.18 Å². The number of pyridine rings is 1. The Bertz CT molecular complexity index is 1350. The zero-order chi connectivity index (χ0) is 25.2. The summed E-state index contributed by atoms with van der Waals surface area (Å²) in [6, 6.07) is 4.65. The Balaban J connectivity index is 1.37. The highest BCUT2D eigenvalue weighted by Gasteiger charge is 2.35. The van der Waals surface area contributed by atoms with E-state index in [9.17, 15) is 22.4 Å². The average Bonchev–Trinajstić information content (AvgIpc) is 3.51. The van der Waals surface area contributed by atoms with E-state index in [4.69, 9.17) is 9.72 Å². The van der Waals surface area contributed by atoms with Gasteiger partial charge in [0.1, 0.15) is 5.82 Å². The zero-order valence-corrected chi connectivity index (χ0v) is 19.6. The lowest BCUT2D eigenvalue weighted by Gasteiger charge is -2.29. The predicted molar refractivity (Wildman–Crippen MR) is 122 cm³/mol. The van der Waals surface area contributed by atoms with Crippen LogP contribution in [0.4, 0.5) is 17.6 Å². The van der Waals surface area contributed by atoms with Crippen LogP contribution in [0.2, 0.25) is 0 Å². The quantitative estimate of drug-likeness (QED) is 0.434. The maximum Gasteiger partial charge on any atom is 0.416 e. The molecule has 3 aliphatic rings. The molecule has 2 aromatic heterocycles. The fourth-order valence-corrected chi connectivity index (χ4v) is 5.13. The van der Waals surface area contributed by atoms with Crippen molar-refractivity contribution >= 4 is 5.91 Å². The largest absolute Gasteiger partial charge is 0.416 e. The van der Waals surface area contributed by atoms with Crippen LogP contribution in [0.3, 0.4) is 0 Å². The number of alkyl halides is 3. The highest BCUT2D eigenvalue weighted by molar-refractivity contribution is 6.00. The number of aromatic nitrogens is 3. The van der Waals surface area contributed by atoms with Crippen molar-refractivity contribution in [1.29, 1.82) is 0 Å². The molecule has 1 saturated heterocycles. The van der Waals surface area contributed by atoms with Crippen LogP contribution in [-0.2, 0) is 17.5 Å². The molecule has 0 bridgehead atoms. The molecule has 2 fully saturated rings. The molecule has 6 nitrogen and oxygen atoms in total. The Morgan fingerprint density at radius 1 is 1.11 bits per heavy atom. The van der Waals surface area contributed by atoms with Gasteiger partial charge in [-0.3, -0.25) is 14.5 Å². The molecule has 1 aromatic carbocycles. The lowest BCUT2D eigenvalue weighted by molar-refractivity contribution is -0.137. The molecule has 2 aliphatic heterocycles. The normalized spacial score (nSPS) is 22.2. The van der Waals surface area contributed by atoms with E-state index in [0.717, 1.165) is 30.5 Å². The molecule has 2 atom stereocenters. The van der Waals surface area contributed by atoms with Gasteiger partial charge in [-0.1, -0.05) is 0 Å². The molecular weight excluding hydrogens is 476 g/mol. The molecule has 0 spiro atoms. The highest BCUT2D eigenvalue weighted by Crippen LogP contribution is 2.42. The van der Waals surface area contributed by atoms with Crippen molar-refractivity contribution < 1.29 is 27.1 Å². The Hall–Kier alpha value is -3.27. The predicted octanol–water partition coefficient (Wildman–Crippen LogP) is 5.66. The Kier molecular flexibility index (Phi) is 5.40. The summed E-state index contributed by atoms with van der Waals surface area (Å²) in [5.74, 6) is -1.29. The summed E-state index contributed by atoms with van der Waals surface area (Å²) < 4.78 is 62.3. The van der Waals surface area contributed by atoms with Crippen LogP contribution in [0.15, 0.2) is 36.7 Å². The summed E-state index contributed by atoms with van der Waals surface area (Å²) in [5, 5.41) is 4.45. The van der Waals surface area contributed by atoms with Crippen molar-refractivity contribution in [2.24, 2.45) is 0 Å². The third-order valence-electron chi connectivity index (χ3n) is 7.28. The maximum absolute atomic E-state index is 15.0. The van der Waals surface area contributed by atoms with E-state index in [1.165, 1.54) is 4.90 Å². The fraction of sp³-hybridized carbons (Fsp3) is 0.423. The number of benzene rings is 1. The number of hydrogen-bond donors (Lipinski definition) is 0. The second kappa shape index (κ2) is 8.40. The first kappa shape index (κ1) is 23.1. The van der Waals surface area contributed by atoms with Gasteiger partial charge in [0.05, 0.1) is 29.6 Å². The lowest BCUT2D eigenvalue weighted by atomic mass is 9.88. The first-order valence-corrected chi connectivity index (χ1v) is 12.0. The number of rotatable bonds is 4. The topological polar surface area (TPSA) is 60.2 Å². The van der Waals surface area contributed by atoms with Crippen molar-refractivity contribution in [3.8, 4) is 11.3 Å². The molecule has 1 aliphatic carbocycles. The van der Waals surface area contributed by atoms with Crippen molar-refractivity contribution in [2.45, 2.75) is 56.5 Å². The van der Waals surface area contributed by atoms with Gasteiger partial charge in [0, 0.05) is 60.3 Å². The Morgan fingerprint density at radius 2 is 1.92 bits per heavy atom. The molecule has 0 N–H and O–H groups in total. The number of amides is 1. The zero-order valence-electron chi connectivity index (χ0n) is 19.6. The van der Waals surface area contributed by atoms with Crippen LogP contribution in [0.25, 0.3) is 11.3 Å². The van der Waals surface area contributed by atoms with Crippen molar-refractivity contribution in [2.75, 3.05) is 13.7 Å². The van der Waals surface area contributed by atoms with Gasteiger partial charge < -0.3 is 9.64 Å². The number of fused-ring (bicyclic) bond motifs is 1. The van der Waals surface area contributed by atoms with Gasteiger partial charge in [-0.25, -0.2) is 4.39 Å². The number of carbonyl (C=O) groups excluding carboxylic acids is 1. The van der Waals surface area contributed by atoms with E-state index in [0.29, 0.717) is 48.4 Å². The molecule has 6 rings (SSSR count). The fourth-order valence-electron chi connectivity index (χ4n) is 5.13. The summed E-state index contributed by atoms with van der Waals surface area (Å²) >= 11 is 0. The minimum atomic E-state index is -4.66. The van der Waals surface area contributed by atoms with Crippen LogP contribution < -0.4 is 0 Å². The Labute approximate surface area is 204 Å². The lowest BCUT2D eigenvalue weighted by Crippen LogP contribution is -2.20. The van der Waals surface area contributed by atoms with Crippen molar-refractivity contribution in [3.05, 3.63) is 70.4 Å². The number of nitrogens with zero attached hydrogens (tertiary/aromatic N) is 4. The smallest absolute Gasteiger partial charge is 0.373 e. The average molecular weight is 500 g/mol. The van der Waals surface area contributed by atoms with E-state index in [1.807, 2.05) is 17.1 Å². The molecular formula is C26H24F4N4O2. The summed E-state index contributed by atoms with van der Waals surface area (Å²) in [4.78, 5) is 19.1. The van der Waals surface area contributed by atoms with Gasteiger partial charge in [0.25, 0.3) is 5.91 Å². The first-order chi connectivity index (χ1) is 17.2. The second-order valence-corrected chi connectivity index (χ2v) is 9.84. The third kappa shape index (κ3) is 4.07. The minimum absolute atomic E-state index is 0.0430.